The van der Waals surface area contributed by atoms with Gasteiger partial charge in [-0.3, -0.25) is 9.89 Å². The van der Waals surface area contributed by atoms with Crippen molar-refractivity contribution < 1.29 is 4.79 Å². The van der Waals surface area contributed by atoms with Gasteiger partial charge in [-0.1, -0.05) is 73.3 Å². The predicted molar refractivity (Wildman–Crippen MR) is 119 cm³/mol. The number of carbonyl (C=O) groups excluding carboxylic acids is 1. The molecular formula is C23H22N4OS. The Morgan fingerprint density at radius 3 is 2.59 bits per heavy atom. The number of benzene rings is 3. The van der Waals surface area contributed by atoms with Crippen molar-refractivity contribution >= 4 is 34.1 Å². The molecule has 6 heteroatoms. The molecule has 4 aromatic rings. The smallest absolute Gasteiger partial charge is 0.237 e. The third-order valence-electron chi connectivity index (χ3n) is 4.77. The summed E-state index contributed by atoms with van der Waals surface area (Å²) in [6.45, 7) is 3.98. The standard InChI is InChI=1S/C23H22N4OS/c1-3-16-8-10-18(11-9-16)21-25-23(27-26-21)29-15(2)22(28)24-20-13-12-17-6-4-5-7-19(17)14-20/h4-15H,3H2,1-2H3,(H,24,28)(H,25,26,27)/t15-/m1/s1. The molecule has 29 heavy (non-hydrogen) atoms. The fourth-order valence-electron chi connectivity index (χ4n) is 3.05. The molecule has 5 nitrogen and oxygen atoms in total. The summed E-state index contributed by atoms with van der Waals surface area (Å²) in [5.41, 5.74) is 3.05. The van der Waals surface area contributed by atoms with Crippen molar-refractivity contribution in [2.24, 2.45) is 0 Å². The van der Waals surface area contributed by atoms with Gasteiger partial charge >= 0.3 is 0 Å². The van der Waals surface area contributed by atoms with Gasteiger partial charge in [0.25, 0.3) is 0 Å². The molecule has 1 heterocycles. The Labute approximate surface area is 174 Å². The highest BCUT2D eigenvalue weighted by Crippen LogP contribution is 2.25. The number of nitrogens with one attached hydrogen (secondary N) is 2. The van der Waals surface area contributed by atoms with Gasteiger partial charge in [-0.2, -0.15) is 0 Å². The third kappa shape index (κ3) is 4.49. The number of hydrogen-bond acceptors (Lipinski definition) is 4. The molecule has 0 spiro atoms. The van der Waals surface area contributed by atoms with Crippen molar-refractivity contribution in [3.05, 3.63) is 72.3 Å². The van der Waals surface area contributed by atoms with E-state index in [4.69, 9.17) is 0 Å². The molecule has 0 aliphatic heterocycles. The monoisotopic (exact) mass is 402 g/mol. The van der Waals surface area contributed by atoms with Crippen molar-refractivity contribution in [3.63, 3.8) is 0 Å². The third-order valence-corrected chi connectivity index (χ3v) is 5.73. The SMILES string of the molecule is CCc1ccc(-c2nc(S[C@H](C)C(=O)Nc3ccc4ccccc4c3)n[nH]2)cc1. The van der Waals surface area contributed by atoms with E-state index in [0.717, 1.165) is 28.4 Å². The van der Waals surface area contributed by atoms with Crippen LogP contribution in [0.2, 0.25) is 0 Å². The molecule has 3 aromatic carbocycles. The maximum absolute atomic E-state index is 12.6. The molecule has 4 rings (SSSR count). The van der Waals surface area contributed by atoms with E-state index in [2.05, 4.69) is 45.6 Å². The van der Waals surface area contributed by atoms with E-state index >= 15 is 0 Å². The molecule has 0 aliphatic carbocycles. The van der Waals surface area contributed by atoms with Crippen molar-refractivity contribution in [2.45, 2.75) is 30.7 Å². The van der Waals surface area contributed by atoms with Crippen LogP contribution in [0.15, 0.2) is 71.9 Å². The summed E-state index contributed by atoms with van der Waals surface area (Å²) >= 11 is 1.33. The largest absolute Gasteiger partial charge is 0.325 e. The highest BCUT2D eigenvalue weighted by Gasteiger charge is 2.18. The van der Waals surface area contributed by atoms with Crippen molar-refractivity contribution in [1.82, 2.24) is 15.2 Å². The average Bonchev–Trinajstić information content (AvgIpc) is 3.22. The number of amides is 1. The minimum atomic E-state index is -0.326. The molecule has 1 aromatic heterocycles. The zero-order valence-electron chi connectivity index (χ0n) is 16.3. The number of fused-ring (bicyclic) bond motifs is 1. The average molecular weight is 403 g/mol. The van der Waals surface area contributed by atoms with Crippen molar-refractivity contribution in [3.8, 4) is 11.4 Å². The van der Waals surface area contributed by atoms with E-state index in [1.165, 1.54) is 17.3 Å². The number of hydrogen-bond donors (Lipinski definition) is 2. The Morgan fingerprint density at radius 1 is 1.07 bits per heavy atom. The van der Waals surface area contributed by atoms with Crippen molar-refractivity contribution in [1.29, 1.82) is 0 Å². The summed E-state index contributed by atoms with van der Waals surface area (Å²) in [5, 5.41) is 12.7. The predicted octanol–water partition coefficient (Wildman–Crippen LogP) is 5.31. The topological polar surface area (TPSA) is 70.7 Å². The summed E-state index contributed by atoms with van der Waals surface area (Å²) in [7, 11) is 0. The van der Waals surface area contributed by atoms with Crippen LogP contribution in [-0.2, 0) is 11.2 Å². The Hall–Kier alpha value is -3.12. The lowest BCUT2D eigenvalue weighted by molar-refractivity contribution is -0.115. The number of aromatic nitrogens is 3. The Balaban J connectivity index is 1.41. The van der Waals surface area contributed by atoms with Gasteiger partial charge in [0.05, 0.1) is 5.25 Å². The van der Waals surface area contributed by atoms with E-state index in [1.54, 1.807) is 0 Å². The first kappa shape index (κ1) is 19.2. The van der Waals surface area contributed by atoms with Crippen LogP contribution < -0.4 is 5.32 Å². The molecule has 1 amide bonds. The molecule has 0 saturated carbocycles. The lowest BCUT2D eigenvalue weighted by Gasteiger charge is -2.10. The summed E-state index contributed by atoms with van der Waals surface area (Å²) in [6.07, 6.45) is 1.00. The first-order valence-corrected chi connectivity index (χ1v) is 10.5. The normalized spacial score (nSPS) is 12.1. The van der Waals surface area contributed by atoms with E-state index in [1.807, 2.05) is 55.5 Å². The van der Waals surface area contributed by atoms with E-state index < -0.39 is 0 Å². The summed E-state index contributed by atoms with van der Waals surface area (Å²) in [4.78, 5) is 17.1. The van der Waals surface area contributed by atoms with Crippen molar-refractivity contribution in [2.75, 3.05) is 5.32 Å². The number of rotatable bonds is 6. The van der Waals surface area contributed by atoms with Gasteiger partial charge in [-0.15, -0.1) is 5.10 Å². The van der Waals surface area contributed by atoms with Gasteiger partial charge in [0.2, 0.25) is 11.1 Å². The fraction of sp³-hybridized carbons (Fsp3) is 0.174. The summed E-state index contributed by atoms with van der Waals surface area (Å²) < 4.78 is 0. The summed E-state index contributed by atoms with van der Waals surface area (Å²) in [6, 6.07) is 22.2. The van der Waals surface area contributed by atoms with Gasteiger partial charge in [0.1, 0.15) is 0 Å². The zero-order valence-corrected chi connectivity index (χ0v) is 17.2. The number of H-pyrrole nitrogens is 1. The molecule has 0 saturated heterocycles. The highest BCUT2D eigenvalue weighted by molar-refractivity contribution is 8.00. The first-order valence-electron chi connectivity index (χ1n) is 9.60. The van der Waals surface area contributed by atoms with Gasteiger partial charge in [0, 0.05) is 11.3 Å². The molecule has 2 N–H and O–H groups in total. The number of nitrogens with zero attached hydrogens (tertiary/aromatic N) is 2. The fourth-order valence-corrected chi connectivity index (χ4v) is 3.77. The number of aryl methyl sites for hydroxylation is 1. The first-order chi connectivity index (χ1) is 14.1. The lowest BCUT2D eigenvalue weighted by Crippen LogP contribution is -2.22. The van der Waals surface area contributed by atoms with E-state index in [-0.39, 0.29) is 11.2 Å². The second-order valence-electron chi connectivity index (χ2n) is 6.83. The molecule has 1 atom stereocenters. The van der Waals surface area contributed by atoms with E-state index in [9.17, 15) is 4.79 Å². The second-order valence-corrected chi connectivity index (χ2v) is 8.14. The number of aromatic amines is 1. The van der Waals surface area contributed by atoms with Crippen LogP contribution in [0.3, 0.4) is 0 Å². The number of carbonyl (C=O) groups is 1. The Bertz CT molecular complexity index is 1140. The molecule has 0 radical (unpaired) electrons. The molecule has 0 bridgehead atoms. The number of anilines is 1. The maximum atomic E-state index is 12.6. The van der Waals surface area contributed by atoms with Crippen LogP contribution in [0.5, 0.6) is 0 Å². The van der Waals surface area contributed by atoms with Gasteiger partial charge in [0.15, 0.2) is 5.82 Å². The minimum absolute atomic E-state index is 0.0797. The van der Waals surface area contributed by atoms with Gasteiger partial charge in [-0.05, 0) is 41.8 Å². The quantitative estimate of drug-likeness (QED) is 0.429. The van der Waals surface area contributed by atoms with Crippen LogP contribution in [0.25, 0.3) is 22.2 Å². The Morgan fingerprint density at radius 2 is 1.83 bits per heavy atom. The van der Waals surface area contributed by atoms with Crippen LogP contribution in [0.1, 0.15) is 19.4 Å². The van der Waals surface area contributed by atoms with Crippen LogP contribution >= 0.6 is 11.8 Å². The molecule has 146 valence electrons. The lowest BCUT2D eigenvalue weighted by atomic mass is 10.1. The minimum Gasteiger partial charge on any atom is -0.325 e. The van der Waals surface area contributed by atoms with E-state index in [0.29, 0.717) is 11.0 Å². The molecule has 0 aliphatic rings. The summed E-state index contributed by atoms with van der Waals surface area (Å²) in [5.74, 6) is 0.626. The van der Waals surface area contributed by atoms with Crippen LogP contribution in [-0.4, -0.2) is 26.3 Å². The van der Waals surface area contributed by atoms with Crippen LogP contribution in [0, 0.1) is 0 Å². The second kappa shape index (κ2) is 8.49. The Kier molecular flexibility index (Phi) is 5.62. The van der Waals surface area contributed by atoms with Gasteiger partial charge < -0.3 is 5.32 Å². The molecule has 0 fully saturated rings. The molecule has 0 unspecified atom stereocenters. The zero-order chi connectivity index (χ0) is 20.2. The van der Waals surface area contributed by atoms with Crippen LogP contribution in [0.4, 0.5) is 5.69 Å². The molecular weight excluding hydrogens is 380 g/mol. The highest BCUT2D eigenvalue weighted by atomic mass is 32.2. The number of thioether (sulfide) groups is 1. The van der Waals surface area contributed by atoms with Gasteiger partial charge in [-0.25, -0.2) is 4.98 Å². The maximum Gasteiger partial charge on any atom is 0.237 e.